The highest BCUT2D eigenvalue weighted by molar-refractivity contribution is 6.24. The Morgan fingerprint density at radius 1 is 1.19 bits per heavy atom. The lowest BCUT2D eigenvalue weighted by Crippen LogP contribution is -2.63. The van der Waals surface area contributed by atoms with Crippen molar-refractivity contribution < 1.29 is 14.2 Å². The van der Waals surface area contributed by atoms with Crippen LogP contribution in [0, 0.1) is 5.92 Å². The first-order chi connectivity index (χ1) is 13.0. The Morgan fingerprint density at radius 3 is 2.52 bits per heavy atom. The van der Waals surface area contributed by atoms with Crippen molar-refractivity contribution in [2.75, 3.05) is 31.6 Å². The zero-order valence-electron chi connectivity index (χ0n) is 16.3. The molecule has 7 nitrogen and oxygen atoms in total. The van der Waals surface area contributed by atoms with Crippen LogP contribution in [-0.2, 0) is 11.2 Å². The van der Waals surface area contributed by atoms with Crippen LogP contribution < -0.4 is 4.90 Å². The molecule has 3 aliphatic rings. The Morgan fingerprint density at radius 2 is 1.89 bits per heavy atom. The summed E-state index contributed by atoms with van der Waals surface area (Å²) in [5.74, 6) is 1.50. The molecule has 2 atom stereocenters. The van der Waals surface area contributed by atoms with Crippen molar-refractivity contribution in [3.05, 3.63) is 29.8 Å². The lowest BCUT2D eigenvalue weighted by molar-refractivity contribution is -0.545. The highest BCUT2D eigenvalue weighted by Crippen LogP contribution is 2.28. The number of imide groups is 1. The van der Waals surface area contributed by atoms with Gasteiger partial charge in [0.15, 0.2) is 0 Å². The molecule has 142 valence electrons. The normalized spacial score (nSPS) is 25.0. The van der Waals surface area contributed by atoms with Gasteiger partial charge in [-0.05, 0) is 31.0 Å². The van der Waals surface area contributed by atoms with E-state index in [-0.39, 0.29) is 11.9 Å². The number of carbonyl (C=O) groups is 2. The topological polar surface area (TPSA) is 59.2 Å². The molecule has 0 aliphatic carbocycles. The first-order valence-electron chi connectivity index (χ1n) is 9.64. The number of anilines is 1. The molecule has 0 spiro atoms. The second kappa shape index (κ2) is 6.48. The number of fused-ring (bicyclic) bond motifs is 2. The van der Waals surface area contributed by atoms with Crippen molar-refractivity contribution in [1.29, 1.82) is 0 Å². The predicted octanol–water partition coefficient (Wildman–Crippen LogP) is 1.77. The monoisotopic (exact) mass is 368 g/mol. The molecule has 27 heavy (non-hydrogen) atoms. The summed E-state index contributed by atoms with van der Waals surface area (Å²) in [6.45, 7) is 8.10. The van der Waals surface area contributed by atoms with Crippen LogP contribution in [0.4, 0.5) is 10.5 Å². The molecule has 1 fully saturated rings. The maximum absolute atomic E-state index is 13.0. The van der Waals surface area contributed by atoms with E-state index in [1.165, 1.54) is 15.4 Å². The van der Waals surface area contributed by atoms with Crippen molar-refractivity contribution >= 4 is 29.4 Å². The number of amides is 3. The highest BCUT2D eigenvalue weighted by atomic mass is 16.2. The van der Waals surface area contributed by atoms with Crippen LogP contribution in [0.1, 0.15) is 26.3 Å². The Balaban J connectivity index is 1.78. The largest absolute Gasteiger partial charge is 0.397 e. The van der Waals surface area contributed by atoms with E-state index in [4.69, 9.17) is 4.99 Å². The first-order valence-corrected chi connectivity index (χ1v) is 9.64. The quantitative estimate of drug-likeness (QED) is 0.764. The molecule has 0 N–H and O–H groups in total. The smallest absolute Gasteiger partial charge is 0.270 e. The van der Waals surface area contributed by atoms with Crippen molar-refractivity contribution in [2.24, 2.45) is 10.9 Å². The number of amidine groups is 1. The van der Waals surface area contributed by atoms with Gasteiger partial charge in [-0.1, -0.05) is 31.0 Å². The van der Waals surface area contributed by atoms with Gasteiger partial charge < -0.3 is 0 Å². The summed E-state index contributed by atoms with van der Waals surface area (Å²) in [7, 11) is 1.70. The Kier molecular flexibility index (Phi) is 4.25. The third-order valence-corrected chi connectivity index (χ3v) is 5.61. The highest BCUT2D eigenvalue weighted by Gasteiger charge is 2.54. The zero-order valence-corrected chi connectivity index (χ0v) is 16.3. The molecular formula is C20H26N5O2+. The van der Waals surface area contributed by atoms with Gasteiger partial charge in [0.2, 0.25) is 11.9 Å². The van der Waals surface area contributed by atoms with Crippen LogP contribution in [-0.4, -0.2) is 70.8 Å². The maximum atomic E-state index is 13.0. The van der Waals surface area contributed by atoms with Gasteiger partial charge >= 0.3 is 12.0 Å². The van der Waals surface area contributed by atoms with E-state index in [0.717, 1.165) is 31.2 Å². The van der Waals surface area contributed by atoms with Crippen LogP contribution in [0.25, 0.3) is 0 Å². The Labute approximate surface area is 159 Å². The minimum Gasteiger partial charge on any atom is -0.270 e. The third-order valence-electron chi connectivity index (χ3n) is 5.61. The standard InChI is InChI=1S/C20H26N5O2/c1-5-14-7-9-15(10-8-14)24-11-13(3)12-25-16-17(21-19(24)25)22(4)20(27)23(6-2)18(16)26/h7-10,13,16H,5-6,11-12H2,1-4H3/q+1. The molecular weight excluding hydrogens is 342 g/mol. The number of carbonyl (C=O) groups excluding carboxylic acids is 2. The fraction of sp³-hybridized carbons (Fsp3) is 0.500. The molecule has 4 rings (SSSR count). The Hall–Kier alpha value is -2.70. The van der Waals surface area contributed by atoms with Gasteiger partial charge in [0, 0.05) is 19.5 Å². The number of urea groups is 1. The van der Waals surface area contributed by atoms with Crippen LogP contribution in [0.5, 0.6) is 0 Å². The second-order valence-electron chi connectivity index (χ2n) is 7.48. The lowest BCUT2D eigenvalue weighted by atomic mass is 10.1. The summed E-state index contributed by atoms with van der Waals surface area (Å²) in [5, 5.41) is 0. The van der Waals surface area contributed by atoms with Gasteiger partial charge in [-0.2, -0.15) is 0 Å². The van der Waals surface area contributed by atoms with E-state index in [2.05, 4.69) is 47.6 Å². The average Bonchev–Trinajstić information content (AvgIpc) is 3.06. The van der Waals surface area contributed by atoms with Gasteiger partial charge in [0.25, 0.3) is 5.91 Å². The third kappa shape index (κ3) is 2.64. The van der Waals surface area contributed by atoms with Gasteiger partial charge in [-0.3, -0.25) is 14.6 Å². The van der Waals surface area contributed by atoms with Gasteiger partial charge in [0.05, 0.1) is 13.1 Å². The number of likely N-dealkylation sites (N-methyl/N-ethyl adjacent to an activating group) is 2. The number of aliphatic imine (C=N–C) groups is 1. The van der Waals surface area contributed by atoms with E-state index in [9.17, 15) is 9.59 Å². The summed E-state index contributed by atoms with van der Waals surface area (Å²) in [6, 6.07) is 7.67. The predicted molar refractivity (Wildman–Crippen MR) is 104 cm³/mol. The van der Waals surface area contributed by atoms with Gasteiger partial charge in [-0.25, -0.2) is 14.3 Å². The van der Waals surface area contributed by atoms with Crippen molar-refractivity contribution in [2.45, 2.75) is 33.2 Å². The number of nitrogens with zero attached hydrogens (tertiary/aromatic N) is 5. The molecule has 1 saturated heterocycles. The van der Waals surface area contributed by atoms with E-state index in [1.54, 1.807) is 7.05 Å². The number of hydrogen-bond donors (Lipinski definition) is 0. The van der Waals surface area contributed by atoms with E-state index in [0.29, 0.717) is 18.3 Å². The van der Waals surface area contributed by atoms with Crippen LogP contribution in [0.3, 0.4) is 0 Å². The molecule has 1 aromatic rings. The minimum atomic E-state index is -0.511. The molecule has 3 heterocycles. The summed E-state index contributed by atoms with van der Waals surface area (Å²) in [5.41, 5.74) is 2.35. The van der Waals surface area contributed by atoms with Crippen LogP contribution >= 0.6 is 0 Å². The van der Waals surface area contributed by atoms with Crippen molar-refractivity contribution in [1.82, 2.24) is 9.80 Å². The SMILES string of the molecule is CCc1ccc(N2CC(C)C[N+]3=C2N=C2C3C(=O)N(CC)C(=O)N2C)cc1. The van der Waals surface area contributed by atoms with Crippen LogP contribution in [0.2, 0.25) is 0 Å². The van der Waals surface area contributed by atoms with Crippen LogP contribution in [0.15, 0.2) is 29.3 Å². The summed E-state index contributed by atoms with van der Waals surface area (Å²) in [4.78, 5) is 35.3. The molecule has 3 amide bonds. The summed E-state index contributed by atoms with van der Waals surface area (Å²) < 4.78 is 2.06. The maximum Gasteiger partial charge on any atom is 0.397 e. The summed E-state index contributed by atoms with van der Waals surface area (Å²) >= 11 is 0. The average molecular weight is 368 g/mol. The van der Waals surface area contributed by atoms with Crippen molar-refractivity contribution in [3.63, 3.8) is 0 Å². The molecule has 1 aromatic carbocycles. The number of aryl methyl sites for hydroxylation is 1. The first kappa shape index (κ1) is 17.7. The van der Waals surface area contributed by atoms with E-state index < -0.39 is 6.04 Å². The molecule has 0 radical (unpaired) electrons. The minimum absolute atomic E-state index is 0.176. The summed E-state index contributed by atoms with van der Waals surface area (Å²) in [6.07, 6.45) is 0.998. The molecule has 0 saturated carbocycles. The molecule has 0 aromatic heterocycles. The molecule has 3 aliphatic heterocycles. The molecule has 7 heteroatoms. The number of hydrogen-bond acceptors (Lipinski definition) is 4. The number of guanidine groups is 1. The molecule has 0 bridgehead atoms. The second-order valence-corrected chi connectivity index (χ2v) is 7.48. The van der Waals surface area contributed by atoms with E-state index in [1.807, 2.05) is 6.92 Å². The fourth-order valence-corrected chi connectivity index (χ4v) is 4.12. The zero-order chi connectivity index (χ0) is 19.3. The van der Waals surface area contributed by atoms with E-state index >= 15 is 0 Å². The Bertz CT molecular complexity index is 858. The van der Waals surface area contributed by atoms with Gasteiger partial charge in [0.1, 0.15) is 5.69 Å². The lowest BCUT2D eigenvalue weighted by Gasteiger charge is -2.35. The van der Waals surface area contributed by atoms with Crippen molar-refractivity contribution in [3.8, 4) is 0 Å². The fourth-order valence-electron chi connectivity index (χ4n) is 4.12. The number of benzene rings is 1. The number of rotatable bonds is 3. The van der Waals surface area contributed by atoms with Gasteiger partial charge in [-0.15, -0.1) is 0 Å². The molecule has 2 unspecified atom stereocenters.